The summed E-state index contributed by atoms with van der Waals surface area (Å²) in [4.78, 5) is 18.4. The van der Waals surface area contributed by atoms with Gasteiger partial charge in [-0.2, -0.15) is 4.98 Å². The lowest BCUT2D eigenvalue weighted by Gasteiger charge is -2.29. The Morgan fingerprint density at radius 3 is 2.50 bits per heavy atom. The molecular weight excluding hydrogens is 521 g/mol. The number of benzene rings is 3. The number of methoxy groups -OCH3 is 1. The van der Waals surface area contributed by atoms with Gasteiger partial charge < -0.3 is 15.4 Å². The van der Waals surface area contributed by atoms with Gasteiger partial charge in [0.15, 0.2) is 5.82 Å². The first-order valence-electron chi connectivity index (χ1n) is 11.0. The first-order chi connectivity index (χ1) is 17.4. The van der Waals surface area contributed by atoms with Crippen LogP contribution in [0, 0.1) is 0 Å². The second kappa shape index (κ2) is 9.85. The highest BCUT2D eigenvalue weighted by Gasteiger charge is 2.35. The molecule has 2 N–H and O–H groups in total. The minimum Gasteiger partial charge on any atom is -0.495 e. The number of amides is 1. The number of carbonyl (C=O) groups is 1. The van der Waals surface area contributed by atoms with Crippen LogP contribution in [0.5, 0.6) is 5.75 Å². The molecule has 3 aromatic carbocycles. The summed E-state index contributed by atoms with van der Waals surface area (Å²) in [5, 5.41) is 12.2. The van der Waals surface area contributed by atoms with Gasteiger partial charge >= 0.3 is 0 Å². The van der Waals surface area contributed by atoms with Crippen molar-refractivity contribution in [2.24, 2.45) is 0 Å². The van der Waals surface area contributed by atoms with Crippen molar-refractivity contribution in [3.63, 3.8) is 0 Å². The number of nitrogens with zero attached hydrogens (tertiary/aromatic N) is 3. The van der Waals surface area contributed by atoms with E-state index in [1.807, 2.05) is 37.3 Å². The van der Waals surface area contributed by atoms with E-state index in [1.165, 1.54) is 0 Å². The van der Waals surface area contributed by atoms with Gasteiger partial charge in [-0.25, -0.2) is 4.68 Å². The molecule has 0 saturated heterocycles. The lowest BCUT2D eigenvalue weighted by atomic mass is 9.95. The summed E-state index contributed by atoms with van der Waals surface area (Å²) in [7, 11) is 1.55. The van der Waals surface area contributed by atoms with E-state index in [0.29, 0.717) is 60.7 Å². The lowest BCUT2D eigenvalue weighted by Crippen LogP contribution is -2.31. The van der Waals surface area contributed by atoms with Crippen LogP contribution in [-0.4, -0.2) is 27.8 Å². The van der Waals surface area contributed by atoms with Crippen molar-refractivity contribution < 1.29 is 9.53 Å². The molecule has 0 bridgehead atoms. The zero-order valence-electron chi connectivity index (χ0n) is 19.2. The SMILES string of the molecule is COc1ccccc1NC(=O)C1=C(C)Nc2nc(-c3ccc(Cl)c(Cl)c3)nn2C1c1ccccc1Cl. The molecule has 1 atom stereocenters. The van der Waals surface area contributed by atoms with Gasteiger partial charge in [-0.05, 0) is 43.3 Å². The Bertz CT molecular complexity index is 1520. The average molecular weight is 541 g/mol. The molecule has 1 aromatic heterocycles. The van der Waals surface area contributed by atoms with E-state index >= 15 is 0 Å². The molecule has 4 aromatic rings. The van der Waals surface area contributed by atoms with Crippen LogP contribution in [0.3, 0.4) is 0 Å². The highest BCUT2D eigenvalue weighted by atomic mass is 35.5. The number of nitrogens with one attached hydrogen (secondary N) is 2. The Morgan fingerprint density at radius 2 is 1.75 bits per heavy atom. The van der Waals surface area contributed by atoms with Crippen molar-refractivity contribution in [1.29, 1.82) is 0 Å². The third kappa shape index (κ3) is 4.41. The predicted molar refractivity (Wildman–Crippen MR) is 143 cm³/mol. The Balaban J connectivity index is 1.62. The molecule has 5 rings (SSSR count). The predicted octanol–water partition coefficient (Wildman–Crippen LogP) is 6.84. The summed E-state index contributed by atoms with van der Waals surface area (Å²) in [5.41, 5.74) is 2.99. The molecule has 0 radical (unpaired) electrons. The smallest absolute Gasteiger partial charge is 0.255 e. The van der Waals surface area contributed by atoms with Crippen LogP contribution in [0.1, 0.15) is 18.5 Å². The summed E-state index contributed by atoms with van der Waals surface area (Å²) >= 11 is 18.9. The zero-order valence-corrected chi connectivity index (χ0v) is 21.5. The van der Waals surface area contributed by atoms with Crippen molar-refractivity contribution in [3.8, 4) is 17.1 Å². The van der Waals surface area contributed by atoms with E-state index in [1.54, 1.807) is 48.2 Å². The number of hydrogen-bond donors (Lipinski definition) is 2. The maximum Gasteiger partial charge on any atom is 0.255 e. The Morgan fingerprint density at radius 1 is 1.00 bits per heavy atom. The number of anilines is 2. The second-order valence-corrected chi connectivity index (χ2v) is 9.30. The molecule has 10 heteroatoms. The normalized spacial score (nSPS) is 14.8. The Kier molecular flexibility index (Phi) is 6.62. The molecular formula is C26H20Cl3N5O2. The van der Waals surface area contributed by atoms with Gasteiger partial charge in [-0.3, -0.25) is 4.79 Å². The number of allylic oxidation sites excluding steroid dienone is 1. The summed E-state index contributed by atoms with van der Waals surface area (Å²) < 4.78 is 7.06. The summed E-state index contributed by atoms with van der Waals surface area (Å²) in [6, 6.07) is 19.1. The minimum atomic E-state index is -0.645. The number of ether oxygens (including phenoxy) is 1. The molecule has 7 nitrogen and oxygen atoms in total. The molecule has 0 saturated carbocycles. The van der Waals surface area contributed by atoms with Crippen LogP contribution in [-0.2, 0) is 4.79 Å². The van der Waals surface area contributed by atoms with Gasteiger partial charge in [0, 0.05) is 21.8 Å². The first kappa shape index (κ1) is 24.2. The number of aromatic nitrogens is 3. The molecule has 1 aliphatic rings. The van der Waals surface area contributed by atoms with Crippen LogP contribution in [0.15, 0.2) is 78.0 Å². The fourth-order valence-electron chi connectivity index (χ4n) is 4.12. The first-order valence-corrected chi connectivity index (χ1v) is 12.1. The van der Waals surface area contributed by atoms with E-state index in [-0.39, 0.29) is 5.91 Å². The molecule has 1 unspecified atom stereocenters. The molecule has 1 amide bonds. The number of fused-ring (bicyclic) bond motifs is 1. The van der Waals surface area contributed by atoms with Gasteiger partial charge in [0.1, 0.15) is 11.8 Å². The van der Waals surface area contributed by atoms with E-state index < -0.39 is 6.04 Å². The van der Waals surface area contributed by atoms with Crippen molar-refractivity contribution in [2.75, 3.05) is 17.7 Å². The van der Waals surface area contributed by atoms with E-state index in [9.17, 15) is 4.79 Å². The largest absolute Gasteiger partial charge is 0.495 e. The van der Waals surface area contributed by atoms with Crippen molar-refractivity contribution in [1.82, 2.24) is 14.8 Å². The van der Waals surface area contributed by atoms with Crippen LogP contribution in [0.2, 0.25) is 15.1 Å². The van der Waals surface area contributed by atoms with E-state index in [0.717, 1.165) is 0 Å². The van der Waals surface area contributed by atoms with E-state index in [4.69, 9.17) is 44.6 Å². The Hall–Kier alpha value is -3.52. The number of para-hydroxylation sites is 2. The average Bonchev–Trinajstić information content (AvgIpc) is 3.29. The van der Waals surface area contributed by atoms with Gasteiger partial charge in [0.25, 0.3) is 5.91 Å². The number of hydrogen-bond acceptors (Lipinski definition) is 5. The fourth-order valence-corrected chi connectivity index (χ4v) is 4.66. The molecule has 0 aliphatic carbocycles. The maximum atomic E-state index is 13.7. The third-order valence-corrected chi connectivity index (χ3v) is 6.91. The monoisotopic (exact) mass is 539 g/mol. The molecule has 36 heavy (non-hydrogen) atoms. The topological polar surface area (TPSA) is 81.1 Å². The number of rotatable bonds is 5. The van der Waals surface area contributed by atoms with Gasteiger partial charge in [0.2, 0.25) is 5.95 Å². The van der Waals surface area contributed by atoms with Gasteiger partial charge in [-0.1, -0.05) is 65.1 Å². The molecule has 0 spiro atoms. The fraction of sp³-hybridized carbons (Fsp3) is 0.115. The highest BCUT2D eigenvalue weighted by molar-refractivity contribution is 6.42. The van der Waals surface area contributed by atoms with Crippen molar-refractivity contribution in [3.05, 3.63) is 98.6 Å². The summed E-state index contributed by atoms with van der Waals surface area (Å²) in [5.74, 6) is 1.11. The molecule has 2 heterocycles. The van der Waals surface area contributed by atoms with Crippen LogP contribution in [0.25, 0.3) is 11.4 Å². The number of halogens is 3. The minimum absolute atomic E-state index is 0.327. The Labute approximate surface area is 222 Å². The van der Waals surface area contributed by atoms with Gasteiger partial charge in [-0.15, -0.1) is 5.10 Å². The molecule has 0 fully saturated rings. The van der Waals surface area contributed by atoms with Gasteiger partial charge in [0.05, 0.1) is 28.4 Å². The lowest BCUT2D eigenvalue weighted by molar-refractivity contribution is -0.113. The standard InChI is InChI=1S/C26H20Cl3N5O2/c1-14-22(25(35)31-20-9-5-6-10-21(20)36-2)23(16-7-3-4-8-17(16)27)34-26(30-14)32-24(33-34)15-11-12-18(28)19(29)13-15/h3-13,23H,1-2H3,(H,31,35)(H,30,32,33). The summed E-state index contributed by atoms with van der Waals surface area (Å²) in [6.45, 7) is 1.82. The van der Waals surface area contributed by atoms with Crippen LogP contribution < -0.4 is 15.4 Å². The maximum absolute atomic E-state index is 13.7. The van der Waals surface area contributed by atoms with Crippen molar-refractivity contribution >= 4 is 52.3 Å². The number of carbonyl (C=O) groups excluding carboxylic acids is 1. The quantitative estimate of drug-likeness (QED) is 0.290. The zero-order chi connectivity index (χ0) is 25.4. The molecule has 182 valence electrons. The highest BCUT2D eigenvalue weighted by Crippen LogP contribution is 2.40. The van der Waals surface area contributed by atoms with Crippen LogP contribution in [0.4, 0.5) is 11.6 Å². The van der Waals surface area contributed by atoms with Crippen LogP contribution >= 0.6 is 34.8 Å². The van der Waals surface area contributed by atoms with Crippen molar-refractivity contribution in [2.45, 2.75) is 13.0 Å². The second-order valence-electron chi connectivity index (χ2n) is 8.07. The van der Waals surface area contributed by atoms with E-state index in [2.05, 4.69) is 15.6 Å². The third-order valence-electron chi connectivity index (χ3n) is 5.83. The summed E-state index contributed by atoms with van der Waals surface area (Å²) in [6.07, 6.45) is 0. The molecule has 1 aliphatic heterocycles.